The monoisotopic (exact) mass is 203 g/mol. The van der Waals surface area contributed by atoms with Crippen LogP contribution in [0.25, 0.3) is 0 Å². The largest absolute Gasteiger partial charge is 0.398 e. The summed E-state index contributed by atoms with van der Waals surface area (Å²) in [5.41, 5.74) is 6.75. The van der Waals surface area contributed by atoms with Gasteiger partial charge in [0.2, 0.25) is 5.91 Å². The molecule has 0 bridgehead atoms. The number of nitriles is 1. The van der Waals surface area contributed by atoms with E-state index in [2.05, 4.69) is 0 Å². The van der Waals surface area contributed by atoms with Gasteiger partial charge in [0.1, 0.15) is 0 Å². The number of nitrogens with two attached hydrogens (primary N) is 1. The topological polar surface area (TPSA) is 70.1 Å². The molecule has 1 aromatic carbocycles. The first kappa shape index (κ1) is 11.1. The maximum Gasteiger partial charge on any atom is 0.244 e. The summed E-state index contributed by atoms with van der Waals surface area (Å²) in [5.74, 6) is -1.07. The van der Waals surface area contributed by atoms with E-state index in [-0.39, 0.29) is 5.91 Å². The first-order valence-electron chi connectivity index (χ1n) is 4.53. The Hall–Kier alpha value is -2.02. The maximum atomic E-state index is 11.7. The number of amides is 1. The van der Waals surface area contributed by atoms with Crippen LogP contribution in [0.4, 0.5) is 5.69 Å². The second-order valence-corrected chi connectivity index (χ2v) is 3.42. The van der Waals surface area contributed by atoms with E-state index in [1.54, 1.807) is 38.4 Å². The van der Waals surface area contributed by atoms with Crippen LogP contribution >= 0.6 is 0 Å². The molecule has 0 aliphatic carbocycles. The number of nitrogens with zero attached hydrogens (tertiary/aromatic N) is 2. The van der Waals surface area contributed by atoms with Gasteiger partial charge >= 0.3 is 0 Å². The number of nitrogen functional groups attached to an aromatic ring is 1. The molecule has 0 spiro atoms. The van der Waals surface area contributed by atoms with E-state index < -0.39 is 5.92 Å². The number of likely N-dealkylation sites (N-methyl/N-ethyl adjacent to an activating group) is 1. The molecule has 1 atom stereocenters. The first-order valence-corrected chi connectivity index (χ1v) is 4.53. The number of carbonyl (C=O) groups is 1. The lowest BCUT2D eigenvalue weighted by atomic mass is 9.98. The average molecular weight is 203 g/mol. The standard InChI is InChI=1S/C11H13N3O/c1-14(2)11(15)9(7-12)8-5-3-4-6-10(8)13/h3-6,9H,13H2,1-2H3. The highest BCUT2D eigenvalue weighted by Crippen LogP contribution is 2.22. The molecule has 2 N–H and O–H groups in total. The van der Waals surface area contributed by atoms with E-state index in [1.165, 1.54) is 4.90 Å². The summed E-state index contributed by atoms with van der Waals surface area (Å²) < 4.78 is 0. The van der Waals surface area contributed by atoms with Crippen molar-refractivity contribution in [2.24, 2.45) is 0 Å². The lowest BCUT2D eigenvalue weighted by molar-refractivity contribution is -0.129. The molecule has 1 aromatic rings. The lowest BCUT2D eigenvalue weighted by Crippen LogP contribution is -2.27. The Morgan fingerprint density at radius 2 is 2.07 bits per heavy atom. The Kier molecular flexibility index (Phi) is 3.29. The Morgan fingerprint density at radius 3 is 2.53 bits per heavy atom. The molecule has 4 nitrogen and oxygen atoms in total. The second-order valence-electron chi connectivity index (χ2n) is 3.42. The van der Waals surface area contributed by atoms with Crippen molar-refractivity contribution in [2.45, 2.75) is 5.92 Å². The summed E-state index contributed by atoms with van der Waals surface area (Å²) in [6.45, 7) is 0. The smallest absolute Gasteiger partial charge is 0.244 e. The van der Waals surface area contributed by atoms with Crippen LogP contribution < -0.4 is 5.73 Å². The van der Waals surface area contributed by atoms with Crippen molar-refractivity contribution >= 4 is 11.6 Å². The fraction of sp³-hybridized carbons (Fsp3) is 0.273. The van der Waals surface area contributed by atoms with Gasteiger partial charge in [0.25, 0.3) is 0 Å². The Balaban J connectivity index is 3.10. The Bertz CT molecular complexity index is 407. The summed E-state index contributed by atoms with van der Waals surface area (Å²) in [6.07, 6.45) is 0. The van der Waals surface area contributed by atoms with Crippen LogP contribution in [0.1, 0.15) is 11.5 Å². The number of hydrogen-bond donors (Lipinski definition) is 1. The molecule has 0 aliphatic rings. The second kappa shape index (κ2) is 4.47. The summed E-state index contributed by atoms with van der Waals surface area (Å²) in [7, 11) is 3.23. The predicted octanol–water partition coefficient (Wildman–Crippen LogP) is 0.964. The van der Waals surface area contributed by atoms with Gasteiger partial charge < -0.3 is 10.6 Å². The van der Waals surface area contributed by atoms with Crippen molar-refractivity contribution in [3.63, 3.8) is 0 Å². The molecule has 15 heavy (non-hydrogen) atoms. The highest BCUT2D eigenvalue weighted by atomic mass is 16.2. The number of benzene rings is 1. The van der Waals surface area contributed by atoms with Gasteiger partial charge in [0, 0.05) is 25.3 Å². The molecule has 0 saturated carbocycles. The molecule has 0 aliphatic heterocycles. The zero-order valence-electron chi connectivity index (χ0n) is 8.77. The minimum absolute atomic E-state index is 0.254. The van der Waals surface area contributed by atoms with Crippen molar-refractivity contribution in [1.29, 1.82) is 5.26 Å². The van der Waals surface area contributed by atoms with Crippen molar-refractivity contribution in [3.8, 4) is 6.07 Å². The number of carbonyl (C=O) groups excluding carboxylic acids is 1. The van der Waals surface area contributed by atoms with E-state index in [1.807, 2.05) is 6.07 Å². The van der Waals surface area contributed by atoms with Crippen molar-refractivity contribution in [1.82, 2.24) is 4.90 Å². The van der Waals surface area contributed by atoms with E-state index in [0.29, 0.717) is 11.3 Å². The van der Waals surface area contributed by atoms with E-state index in [0.717, 1.165) is 0 Å². The molecule has 0 radical (unpaired) electrons. The van der Waals surface area contributed by atoms with Crippen LogP contribution in [0.5, 0.6) is 0 Å². The van der Waals surface area contributed by atoms with Gasteiger partial charge in [-0.05, 0) is 6.07 Å². The van der Waals surface area contributed by atoms with E-state index >= 15 is 0 Å². The average Bonchev–Trinajstić information content (AvgIpc) is 2.21. The molecule has 1 amide bonds. The molecule has 0 saturated heterocycles. The Morgan fingerprint density at radius 1 is 1.47 bits per heavy atom. The van der Waals surface area contributed by atoms with Crippen LogP contribution in [0.3, 0.4) is 0 Å². The van der Waals surface area contributed by atoms with Crippen LogP contribution in [0.2, 0.25) is 0 Å². The van der Waals surface area contributed by atoms with Crippen molar-refractivity contribution < 1.29 is 4.79 Å². The van der Waals surface area contributed by atoms with Gasteiger partial charge in [-0.1, -0.05) is 18.2 Å². The van der Waals surface area contributed by atoms with Crippen molar-refractivity contribution in [3.05, 3.63) is 29.8 Å². The molecule has 1 unspecified atom stereocenters. The normalized spacial score (nSPS) is 11.5. The third kappa shape index (κ3) is 2.26. The van der Waals surface area contributed by atoms with Gasteiger partial charge in [-0.3, -0.25) is 4.79 Å². The van der Waals surface area contributed by atoms with Crippen LogP contribution in [0.15, 0.2) is 24.3 Å². The van der Waals surface area contributed by atoms with Gasteiger partial charge in [-0.15, -0.1) is 0 Å². The third-order valence-corrected chi connectivity index (χ3v) is 2.12. The summed E-state index contributed by atoms with van der Waals surface area (Å²) in [4.78, 5) is 13.1. The fourth-order valence-electron chi connectivity index (χ4n) is 1.29. The number of hydrogen-bond acceptors (Lipinski definition) is 3. The summed E-state index contributed by atoms with van der Waals surface area (Å²) >= 11 is 0. The number of para-hydroxylation sites is 1. The van der Waals surface area contributed by atoms with Crippen molar-refractivity contribution in [2.75, 3.05) is 19.8 Å². The van der Waals surface area contributed by atoms with Gasteiger partial charge in [-0.25, -0.2) is 0 Å². The molecule has 0 heterocycles. The highest BCUT2D eigenvalue weighted by molar-refractivity contribution is 5.87. The van der Waals surface area contributed by atoms with E-state index in [9.17, 15) is 4.79 Å². The molecular weight excluding hydrogens is 190 g/mol. The molecule has 4 heteroatoms. The quantitative estimate of drug-likeness (QED) is 0.728. The van der Waals surface area contributed by atoms with Gasteiger partial charge in [0.15, 0.2) is 5.92 Å². The maximum absolute atomic E-state index is 11.7. The molecular formula is C11H13N3O. The first-order chi connectivity index (χ1) is 7.07. The molecule has 78 valence electrons. The SMILES string of the molecule is CN(C)C(=O)C(C#N)c1ccccc1N. The summed E-state index contributed by atoms with van der Waals surface area (Å²) in [5, 5.41) is 8.97. The minimum Gasteiger partial charge on any atom is -0.398 e. The molecule has 0 aromatic heterocycles. The van der Waals surface area contributed by atoms with Crippen LogP contribution in [0, 0.1) is 11.3 Å². The highest BCUT2D eigenvalue weighted by Gasteiger charge is 2.23. The third-order valence-electron chi connectivity index (χ3n) is 2.12. The van der Waals surface area contributed by atoms with Gasteiger partial charge in [-0.2, -0.15) is 5.26 Å². The molecule has 0 fully saturated rings. The zero-order valence-corrected chi connectivity index (χ0v) is 8.77. The zero-order chi connectivity index (χ0) is 11.4. The lowest BCUT2D eigenvalue weighted by Gasteiger charge is -2.16. The Labute approximate surface area is 88.9 Å². The minimum atomic E-state index is -0.818. The number of rotatable bonds is 2. The fourth-order valence-corrected chi connectivity index (χ4v) is 1.29. The van der Waals surface area contributed by atoms with Gasteiger partial charge in [0.05, 0.1) is 6.07 Å². The van der Waals surface area contributed by atoms with Crippen LogP contribution in [-0.2, 0) is 4.79 Å². The summed E-state index contributed by atoms with van der Waals surface area (Å²) in [6, 6.07) is 8.89. The predicted molar refractivity (Wildman–Crippen MR) is 57.9 cm³/mol. The van der Waals surface area contributed by atoms with E-state index in [4.69, 9.17) is 11.0 Å². The number of anilines is 1. The van der Waals surface area contributed by atoms with Crippen LogP contribution in [-0.4, -0.2) is 24.9 Å². The molecule has 1 rings (SSSR count).